The first-order valence-corrected chi connectivity index (χ1v) is 9.79. The van der Waals surface area contributed by atoms with E-state index in [1.807, 2.05) is 19.1 Å². The average Bonchev–Trinajstić information content (AvgIpc) is 3.43. The highest BCUT2D eigenvalue weighted by Gasteiger charge is 2.31. The zero-order valence-electron chi connectivity index (χ0n) is 16.1. The van der Waals surface area contributed by atoms with E-state index in [1.54, 1.807) is 7.11 Å². The van der Waals surface area contributed by atoms with Crippen LogP contribution in [0.25, 0.3) is 0 Å². The van der Waals surface area contributed by atoms with E-state index in [0.717, 1.165) is 49.8 Å². The third kappa shape index (κ3) is 4.00. The molecule has 0 atom stereocenters. The molecule has 27 heavy (non-hydrogen) atoms. The second-order valence-electron chi connectivity index (χ2n) is 7.43. The third-order valence-corrected chi connectivity index (χ3v) is 5.38. The van der Waals surface area contributed by atoms with Crippen LogP contribution < -0.4 is 4.74 Å². The summed E-state index contributed by atoms with van der Waals surface area (Å²) in [6.45, 7) is 5.69. The number of ether oxygens (including phenoxy) is 2. The quantitative estimate of drug-likeness (QED) is 0.702. The van der Waals surface area contributed by atoms with Gasteiger partial charge in [-0.25, -0.2) is 4.79 Å². The van der Waals surface area contributed by atoms with Gasteiger partial charge in [-0.05, 0) is 43.4 Å². The molecule has 1 aliphatic heterocycles. The normalized spacial score (nSPS) is 16.8. The maximum Gasteiger partial charge on any atom is 0.359 e. The minimum Gasteiger partial charge on any atom is -0.497 e. The molecule has 1 saturated carbocycles. The summed E-state index contributed by atoms with van der Waals surface area (Å²) < 4.78 is 12.6. The third-order valence-electron chi connectivity index (χ3n) is 5.38. The number of nitrogens with zero attached hydrogens (tertiary/aromatic N) is 3. The summed E-state index contributed by atoms with van der Waals surface area (Å²) in [5.74, 6) is 1.29. The number of benzene rings is 1. The Morgan fingerprint density at radius 3 is 2.70 bits per heavy atom. The van der Waals surface area contributed by atoms with Gasteiger partial charge in [-0.2, -0.15) is 5.10 Å². The number of hydrogen-bond acceptors (Lipinski definition) is 5. The molecule has 2 aromatic rings. The van der Waals surface area contributed by atoms with Gasteiger partial charge in [-0.15, -0.1) is 0 Å². The Morgan fingerprint density at radius 1 is 1.26 bits per heavy atom. The van der Waals surface area contributed by atoms with Gasteiger partial charge in [0, 0.05) is 43.9 Å². The Balaban J connectivity index is 1.54. The number of fused-ring (bicyclic) bond motifs is 1. The van der Waals surface area contributed by atoms with Crippen molar-refractivity contribution in [3.63, 3.8) is 0 Å². The largest absolute Gasteiger partial charge is 0.497 e. The summed E-state index contributed by atoms with van der Waals surface area (Å²) in [5.41, 5.74) is 4.01. The predicted molar refractivity (Wildman–Crippen MR) is 102 cm³/mol. The van der Waals surface area contributed by atoms with Gasteiger partial charge in [-0.3, -0.25) is 9.58 Å². The second-order valence-corrected chi connectivity index (χ2v) is 7.43. The molecule has 0 radical (unpaired) electrons. The van der Waals surface area contributed by atoms with Gasteiger partial charge in [-0.1, -0.05) is 12.1 Å². The molecule has 0 bridgehead atoms. The molecule has 1 aliphatic carbocycles. The summed E-state index contributed by atoms with van der Waals surface area (Å²) in [6, 6.07) is 8.17. The zero-order chi connectivity index (χ0) is 18.8. The lowest BCUT2D eigenvalue weighted by Crippen LogP contribution is -2.31. The van der Waals surface area contributed by atoms with Crippen LogP contribution in [-0.2, 0) is 30.8 Å². The fourth-order valence-electron chi connectivity index (χ4n) is 3.73. The molecule has 1 aromatic carbocycles. The first kappa shape index (κ1) is 18.0. The Labute approximate surface area is 160 Å². The number of rotatable bonds is 7. The van der Waals surface area contributed by atoms with E-state index in [9.17, 15) is 4.79 Å². The number of aromatic nitrogens is 2. The van der Waals surface area contributed by atoms with E-state index in [-0.39, 0.29) is 5.97 Å². The molecular weight excluding hydrogens is 342 g/mol. The van der Waals surface area contributed by atoms with Crippen molar-refractivity contribution in [2.75, 3.05) is 20.3 Å². The van der Waals surface area contributed by atoms with Gasteiger partial charge in [0.15, 0.2) is 5.69 Å². The summed E-state index contributed by atoms with van der Waals surface area (Å²) >= 11 is 0. The maximum atomic E-state index is 12.4. The van der Waals surface area contributed by atoms with Gasteiger partial charge in [0.2, 0.25) is 0 Å². The van der Waals surface area contributed by atoms with Gasteiger partial charge in [0.1, 0.15) is 5.75 Å². The van der Waals surface area contributed by atoms with Crippen molar-refractivity contribution >= 4 is 5.97 Å². The molecule has 1 fully saturated rings. The molecule has 6 nitrogen and oxygen atoms in total. The van der Waals surface area contributed by atoms with E-state index in [4.69, 9.17) is 9.47 Å². The standard InChI is InChI=1S/C21H27N3O3/c1-3-27-21(25)20-18-14-23(12-15-6-8-17(26-2)9-7-15)11-10-19(18)24(22-20)13-16-4-5-16/h6-9,16H,3-5,10-14H2,1-2H3. The molecular formula is C21H27N3O3. The van der Waals surface area contributed by atoms with Crippen LogP contribution in [0.3, 0.4) is 0 Å². The molecule has 6 heteroatoms. The van der Waals surface area contributed by atoms with Crippen LogP contribution in [0.2, 0.25) is 0 Å². The van der Waals surface area contributed by atoms with Crippen LogP contribution in [0, 0.1) is 5.92 Å². The van der Waals surface area contributed by atoms with Gasteiger partial charge < -0.3 is 9.47 Å². The monoisotopic (exact) mass is 369 g/mol. The van der Waals surface area contributed by atoms with E-state index < -0.39 is 0 Å². The maximum absolute atomic E-state index is 12.4. The van der Waals surface area contributed by atoms with Crippen molar-refractivity contribution in [2.45, 2.75) is 45.8 Å². The zero-order valence-corrected chi connectivity index (χ0v) is 16.1. The lowest BCUT2D eigenvalue weighted by Gasteiger charge is -2.27. The molecule has 0 saturated heterocycles. The summed E-state index contributed by atoms with van der Waals surface area (Å²) in [6.07, 6.45) is 3.46. The lowest BCUT2D eigenvalue weighted by molar-refractivity contribution is 0.0515. The molecule has 0 unspecified atom stereocenters. The number of esters is 1. The van der Waals surface area contributed by atoms with Crippen molar-refractivity contribution in [1.29, 1.82) is 0 Å². The minimum atomic E-state index is -0.297. The molecule has 0 N–H and O–H groups in total. The summed E-state index contributed by atoms with van der Waals surface area (Å²) in [5, 5.41) is 4.65. The van der Waals surface area contributed by atoms with Crippen molar-refractivity contribution < 1.29 is 14.3 Å². The van der Waals surface area contributed by atoms with Crippen molar-refractivity contribution in [1.82, 2.24) is 14.7 Å². The Kier molecular flexibility index (Phi) is 5.16. The van der Waals surface area contributed by atoms with E-state index in [1.165, 1.54) is 24.1 Å². The molecule has 4 rings (SSSR count). The Hall–Kier alpha value is -2.34. The van der Waals surface area contributed by atoms with E-state index in [0.29, 0.717) is 12.3 Å². The smallest absolute Gasteiger partial charge is 0.359 e. The van der Waals surface area contributed by atoms with Crippen molar-refractivity contribution in [2.24, 2.45) is 5.92 Å². The van der Waals surface area contributed by atoms with Crippen LogP contribution in [0.1, 0.15) is 47.1 Å². The van der Waals surface area contributed by atoms with Crippen molar-refractivity contribution in [3.05, 3.63) is 46.8 Å². The van der Waals surface area contributed by atoms with Crippen LogP contribution in [0.15, 0.2) is 24.3 Å². The lowest BCUT2D eigenvalue weighted by atomic mass is 10.0. The van der Waals surface area contributed by atoms with Gasteiger partial charge >= 0.3 is 5.97 Å². The molecule has 144 valence electrons. The molecule has 0 amide bonds. The van der Waals surface area contributed by atoms with E-state index in [2.05, 4.69) is 26.8 Å². The molecule has 2 heterocycles. The SMILES string of the molecule is CCOC(=O)c1nn(CC2CC2)c2c1CN(Cc1ccc(OC)cc1)CC2. The van der Waals surface area contributed by atoms with Crippen LogP contribution in [0.5, 0.6) is 5.75 Å². The first-order chi connectivity index (χ1) is 13.2. The van der Waals surface area contributed by atoms with E-state index >= 15 is 0 Å². The molecule has 1 aromatic heterocycles. The average molecular weight is 369 g/mol. The highest BCUT2D eigenvalue weighted by Crippen LogP contribution is 2.33. The molecule has 2 aliphatic rings. The number of hydrogen-bond donors (Lipinski definition) is 0. The minimum absolute atomic E-state index is 0.297. The Bertz CT molecular complexity index is 809. The second kappa shape index (κ2) is 7.72. The van der Waals surface area contributed by atoms with Gasteiger partial charge in [0.05, 0.1) is 13.7 Å². The van der Waals surface area contributed by atoms with Crippen LogP contribution in [-0.4, -0.2) is 40.9 Å². The first-order valence-electron chi connectivity index (χ1n) is 9.79. The fourth-order valence-corrected chi connectivity index (χ4v) is 3.73. The molecule has 0 spiro atoms. The highest BCUT2D eigenvalue weighted by molar-refractivity contribution is 5.89. The Morgan fingerprint density at radius 2 is 2.04 bits per heavy atom. The number of carbonyl (C=O) groups is 1. The van der Waals surface area contributed by atoms with Gasteiger partial charge in [0.25, 0.3) is 0 Å². The summed E-state index contributed by atoms with van der Waals surface area (Å²) in [4.78, 5) is 14.8. The predicted octanol–water partition coefficient (Wildman–Crippen LogP) is 3.04. The fraction of sp³-hybridized carbons (Fsp3) is 0.524. The highest BCUT2D eigenvalue weighted by atomic mass is 16.5. The van der Waals surface area contributed by atoms with Crippen LogP contribution in [0.4, 0.5) is 0 Å². The number of methoxy groups -OCH3 is 1. The van der Waals surface area contributed by atoms with Crippen molar-refractivity contribution in [3.8, 4) is 5.75 Å². The number of carbonyl (C=O) groups excluding carboxylic acids is 1. The topological polar surface area (TPSA) is 56.6 Å². The van der Waals surface area contributed by atoms with Crippen LogP contribution >= 0.6 is 0 Å². The summed E-state index contributed by atoms with van der Waals surface area (Å²) in [7, 11) is 1.68.